The number of aryl methyl sites for hydroxylation is 3. The Kier molecular flexibility index (Phi) is 30.0. The SMILES string of the molecule is Cc1c(C)c(C)c(C(O)CNC(C)C)c(C)c1C.Cc1c(C)c(C)c(OCC(O)CNC(C)C)c(C)c1C.Cc1c(C)c(C)c(SCC(O)CNC(C)C)c(C)c1C.Cc1c(C)c(C)c2c(c1C)c(C)c(C)n2CC(O)CNC(C)C. The van der Waals surface area contributed by atoms with Crippen LogP contribution < -0.4 is 26.0 Å². The molecule has 5 aromatic rings. The summed E-state index contributed by atoms with van der Waals surface area (Å²) in [4.78, 5) is 1.34. The monoisotopic (exact) mass is 1140 g/mol. The first-order valence-electron chi connectivity index (χ1n) is 30.1. The first-order chi connectivity index (χ1) is 37.4. The highest BCUT2D eigenvalue weighted by Gasteiger charge is 2.22. The van der Waals surface area contributed by atoms with Crippen LogP contribution in [0.3, 0.4) is 0 Å². The van der Waals surface area contributed by atoms with E-state index in [-0.39, 0.29) is 12.2 Å². The minimum absolute atomic E-state index is 0.303. The number of ether oxygens (including phenoxy) is 1. The molecule has 8 N–H and O–H groups in total. The molecule has 81 heavy (non-hydrogen) atoms. The van der Waals surface area contributed by atoms with Gasteiger partial charge in [0.25, 0.3) is 0 Å². The molecule has 4 unspecified atom stereocenters. The molecule has 1 aromatic heterocycles. The Labute approximate surface area is 498 Å². The predicted octanol–water partition coefficient (Wildman–Crippen LogP) is 13.8. The summed E-state index contributed by atoms with van der Waals surface area (Å²) in [5, 5.41) is 55.3. The smallest absolute Gasteiger partial charge is 0.125 e. The van der Waals surface area contributed by atoms with Crippen LogP contribution in [-0.4, -0.2) is 106 Å². The van der Waals surface area contributed by atoms with Gasteiger partial charge in [0.1, 0.15) is 18.5 Å². The zero-order valence-corrected chi connectivity index (χ0v) is 57.4. The molecule has 1 heterocycles. The van der Waals surface area contributed by atoms with Crippen molar-refractivity contribution in [2.45, 2.75) is 261 Å². The van der Waals surface area contributed by atoms with Crippen LogP contribution in [0.25, 0.3) is 10.9 Å². The highest BCUT2D eigenvalue weighted by Crippen LogP contribution is 2.37. The molecule has 0 aliphatic heterocycles. The van der Waals surface area contributed by atoms with Gasteiger partial charge in [0.15, 0.2) is 0 Å². The molecule has 10 nitrogen and oxygen atoms in total. The summed E-state index contributed by atoms with van der Waals surface area (Å²) in [5.74, 6) is 1.66. The summed E-state index contributed by atoms with van der Waals surface area (Å²) in [7, 11) is 0. The minimum Gasteiger partial charge on any atom is -0.490 e. The Hall–Kier alpha value is -3.75. The molecule has 4 aromatic carbocycles. The zero-order chi connectivity index (χ0) is 62.4. The fourth-order valence-electron chi connectivity index (χ4n) is 10.6. The number of aliphatic hydroxyl groups excluding tert-OH is 4. The highest BCUT2D eigenvalue weighted by molar-refractivity contribution is 7.99. The first kappa shape index (κ1) is 73.4. The largest absolute Gasteiger partial charge is 0.490 e. The summed E-state index contributed by atoms with van der Waals surface area (Å²) >= 11 is 1.78. The molecular formula is C70H117N5O5S. The second-order valence-electron chi connectivity index (χ2n) is 24.8. The molecule has 0 spiro atoms. The number of aliphatic hydroxyl groups is 4. The van der Waals surface area contributed by atoms with Crippen LogP contribution in [0.4, 0.5) is 0 Å². The highest BCUT2D eigenvalue weighted by atomic mass is 32.2. The van der Waals surface area contributed by atoms with Crippen molar-refractivity contribution < 1.29 is 25.2 Å². The average Bonchev–Trinajstić information content (AvgIpc) is 3.97. The minimum atomic E-state index is -0.488. The van der Waals surface area contributed by atoms with Gasteiger partial charge in [-0.25, -0.2) is 0 Å². The van der Waals surface area contributed by atoms with Crippen molar-refractivity contribution in [1.29, 1.82) is 0 Å². The second-order valence-corrected chi connectivity index (χ2v) is 25.9. The number of fused-ring (bicyclic) bond motifs is 1. The summed E-state index contributed by atoms with van der Waals surface area (Å²) in [6, 6.07) is 1.58. The zero-order valence-electron chi connectivity index (χ0n) is 56.6. The van der Waals surface area contributed by atoms with Gasteiger partial charge in [-0.05, 0) is 262 Å². The molecule has 4 atom stereocenters. The third-order valence-electron chi connectivity index (χ3n) is 17.7. The summed E-state index contributed by atoms with van der Waals surface area (Å²) in [6.45, 7) is 65.6. The molecule has 0 amide bonds. The van der Waals surface area contributed by atoms with Crippen LogP contribution in [0, 0.1) is 145 Å². The molecule has 0 saturated carbocycles. The van der Waals surface area contributed by atoms with Gasteiger partial charge in [-0.2, -0.15) is 0 Å². The molecule has 0 aliphatic rings. The molecule has 0 fully saturated rings. The fraction of sp³-hybridized carbons (Fsp3) is 0.629. The van der Waals surface area contributed by atoms with Gasteiger partial charge in [-0.15, -0.1) is 11.8 Å². The van der Waals surface area contributed by atoms with Crippen LogP contribution in [0.15, 0.2) is 4.90 Å². The average molecular weight is 1140 g/mol. The van der Waals surface area contributed by atoms with Crippen LogP contribution in [0.5, 0.6) is 5.75 Å². The lowest BCUT2D eigenvalue weighted by molar-refractivity contribution is 0.104. The van der Waals surface area contributed by atoms with E-state index in [1.165, 1.54) is 133 Å². The van der Waals surface area contributed by atoms with E-state index in [0.717, 1.165) is 17.1 Å². The molecule has 5 rings (SSSR count). The van der Waals surface area contributed by atoms with Crippen LogP contribution in [-0.2, 0) is 6.54 Å². The van der Waals surface area contributed by atoms with Crippen molar-refractivity contribution >= 4 is 22.7 Å². The first-order valence-corrected chi connectivity index (χ1v) is 31.1. The van der Waals surface area contributed by atoms with Crippen molar-refractivity contribution in [2.24, 2.45) is 0 Å². The quantitative estimate of drug-likeness (QED) is 0.0335. The van der Waals surface area contributed by atoms with E-state index in [0.29, 0.717) is 63.5 Å². The maximum atomic E-state index is 10.4. The van der Waals surface area contributed by atoms with Crippen molar-refractivity contribution in [3.05, 3.63) is 123 Å². The van der Waals surface area contributed by atoms with Crippen molar-refractivity contribution in [3.63, 3.8) is 0 Å². The lowest BCUT2D eigenvalue weighted by Crippen LogP contribution is -2.35. The van der Waals surface area contributed by atoms with E-state index in [1.54, 1.807) is 11.8 Å². The van der Waals surface area contributed by atoms with E-state index < -0.39 is 12.2 Å². The standard InChI is InChI=1S/C20H32N2O.C17H29NO2.C17H29NOS.C16H27NO/c1-11(2)21-9-18(23)10-22-17(8)16(7)19-14(5)12(3)13(4)15(6)20(19)22;2*1-10(2)18-8-16(19)9-20-17-14(6)12(4)11(3)13(5)15(17)7;1-9(2)17-8-15(18)16-13(6)11(4)10(3)12(5)14(16)7/h11,18,21,23H,9-10H2,1-8H3;2*10,16,18-19H,8-9H2,1-7H3;9,15,17-18H,8H2,1-7H3. The third-order valence-corrected chi connectivity index (χ3v) is 19.2. The number of hydrogen-bond acceptors (Lipinski definition) is 10. The lowest BCUT2D eigenvalue weighted by Gasteiger charge is -2.23. The van der Waals surface area contributed by atoms with E-state index in [2.05, 4.69) is 227 Å². The number of rotatable bonds is 21. The maximum Gasteiger partial charge on any atom is 0.125 e. The number of nitrogens with one attached hydrogen (secondary N) is 4. The van der Waals surface area contributed by atoms with Crippen molar-refractivity contribution in [2.75, 3.05) is 38.5 Å². The van der Waals surface area contributed by atoms with E-state index >= 15 is 0 Å². The maximum absolute atomic E-state index is 10.4. The molecular weight excluding hydrogens is 1020 g/mol. The van der Waals surface area contributed by atoms with Crippen molar-refractivity contribution in [3.8, 4) is 5.75 Å². The Bertz CT molecular complexity index is 2680. The number of thioether (sulfide) groups is 1. The van der Waals surface area contributed by atoms with Crippen LogP contribution >= 0.6 is 11.8 Å². The number of benzene rings is 4. The van der Waals surface area contributed by atoms with Gasteiger partial charge in [0.2, 0.25) is 0 Å². The van der Waals surface area contributed by atoms with E-state index in [1.807, 2.05) is 0 Å². The summed E-state index contributed by atoms with van der Waals surface area (Å²) in [5.41, 5.74) is 30.0. The second kappa shape index (κ2) is 33.1. The Balaban J connectivity index is 0.000000370. The van der Waals surface area contributed by atoms with E-state index in [9.17, 15) is 20.4 Å². The van der Waals surface area contributed by atoms with Gasteiger partial charge < -0.3 is 51.0 Å². The predicted molar refractivity (Wildman–Crippen MR) is 352 cm³/mol. The molecule has 0 bridgehead atoms. The van der Waals surface area contributed by atoms with Crippen molar-refractivity contribution in [1.82, 2.24) is 25.8 Å². The molecule has 11 heteroatoms. The van der Waals surface area contributed by atoms with E-state index in [4.69, 9.17) is 4.74 Å². The van der Waals surface area contributed by atoms with Crippen LogP contribution in [0.1, 0.15) is 184 Å². The molecule has 0 saturated heterocycles. The molecule has 0 radical (unpaired) electrons. The van der Waals surface area contributed by atoms with Gasteiger partial charge in [-0.3, -0.25) is 0 Å². The summed E-state index contributed by atoms with van der Waals surface area (Å²) in [6.07, 6.45) is -1.60. The number of aromatic nitrogens is 1. The number of nitrogens with zero attached hydrogens (tertiary/aromatic N) is 1. The Morgan fingerprint density at radius 2 is 0.704 bits per heavy atom. The Morgan fingerprint density at radius 1 is 0.370 bits per heavy atom. The van der Waals surface area contributed by atoms with Crippen LogP contribution in [0.2, 0.25) is 0 Å². The fourth-order valence-corrected chi connectivity index (χ4v) is 11.8. The number of hydrogen-bond donors (Lipinski definition) is 8. The summed E-state index contributed by atoms with van der Waals surface area (Å²) < 4.78 is 8.20. The molecule has 458 valence electrons. The normalized spacial score (nSPS) is 13.1. The van der Waals surface area contributed by atoms with Gasteiger partial charge >= 0.3 is 0 Å². The molecule has 0 aliphatic carbocycles. The topological polar surface area (TPSA) is 143 Å². The lowest BCUT2D eigenvalue weighted by atomic mass is 9.87. The van der Waals surface area contributed by atoms with Gasteiger partial charge in [-0.1, -0.05) is 55.4 Å². The van der Waals surface area contributed by atoms with Gasteiger partial charge in [0, 0.05) is 72.1 Å². The van der Waals surface area contributed by atoms with Gasteiger partial charge in [0.05, 0.1) is 30.4 Å². The third kappa shape index (κ3) is 19.7. The Morgan fingerprint density at radius 3 is 1.12 bits per heavy atom.